The topological polar surface area (TPSA) is 58.7 Å². The molecule has 0 saturated heterocycles. The van der Waals surface area contributed by atoms with Crippen molar-refractivity contribution in [2.24, 2.45) is 46.3 Å². The number of aromatic nitrogens is 2. The van der Waals surface area contributed by atoms with E-state index >= 15 is 0 Å². The fourth-order valence-corrected chi connectivity index (χ4v) is 8.78. The number of hydrogen-bond donors (Lipinski definition) is 0. The van der Waals surface area contributed by atoms with Gasteiger partial charge in [-0.25, -0.2) is 0 Å². The lowest BCUT2D eigenvalue weighted by Crippen LogP contribution is -2.53. The molecule has 0 amide bonds. The molecule has 0 N–H and O–H groups in total. The average Bonchev–Trinajstić information content (AvgIpc) is 3.32. The molecule has 1 heterocycles. The van der Waals surface area contributed by atoms with E-state index in [-0.39, 0.29) is 11.3 Å². The van der Waals surface area contributed by atoms with Gasteiger partial charge in [0.1, 0.15) is 6.07 Å². The summed E-state index contributed by atoms with van der Waals surface area (Å²) in [6.45, 7) is 7.84. The van der Waals surface area contributed by atoms with Crippen LogP contribution in [-0.2, 0) is 11.3 Å². The highest BCUT2D eigenvalue weighted by Crippen LogP contribution is 2.67. The Hall–Kier alpha value is -1.63. The Balaban J connectivity index is 1.34. The highest BCUT2D eigenvalue weighted by Gasteiger charge is 2.60. The summed E-state index contributed by atoms with van der Waals surface area (Å²) in [5.74, 6) is 4.75. The molecule has 4 aliphatic carbocycles. The normalized spacial score (nSPS) is 45.1. The van der Waals surface area contributed by atoms with Crippen molar-refractivity contribution in [2.75, 3.05) is 0 Å². The van der Waals surface area contributed by atoms with Gasteiger partial charge in [0, 0.05) is 12.1 Å². The predicted octanol–water partition coefficient (Wildman–Crippen LogP) is 5.62. The summed E-state index contributed by atoms with van der Waals surface area (Å²) in [6.07, 6.45) is 15.2. The van der Waals surface area contributed by atoms with Crippen molar-refractivity contribution < 1.29 is 4.79 Å². The van der Waals surface area contributed by atoms with Crippen molar-refractivity contribution >= 4 is 5.78 Å². The van der Waals surface area contributed by atoms with Crippen molar-refractivity contribution in [1.29, 1.82) is 5.26 Å². The van der Waals surface area contributed by atoms with E-state index in [2.05, 4.69) is 31.9 Å². The molecule has 3 unspecified atom stereocenters. The molecule has 0 aliphatic heterocycles. The van der Waals surface area contributed by atoms with Gasteiger partial charge in [-0.05, 0) is 91.8 Å². The van der Waals surface area contributed by atoms with Crippen LogP contribution in [0.2, 0.25) is 0 Å². The minimum atomic E-state index is 0.161. The molecular formula is C26H37N3O. The number of carbonyl (C=O) groups is 1. The Kier molecular flexibility index (Phi) is 4.88. The second-order valence-corrected chi connectivity index (χ2v) is 11.7. The van der Waals surface area contributed by atoms with Crippen LogP contribution in [0.25, 0.3) is 0 Å². The maximum absolute atomic E-state index is 13.3. The number of carbonyl (C=O) groups excluding carboxylic acids is 1. The van der Waals surface area contributed by atoms with Crippen LogP contribution in [0.5, 0.6) is 0 Å². The molecule has 4 nitrogen and oxygen atoms in total. The Labute approximate surface area is 181 Å². The fourth-order valence-electron chi connectivity index (χ4n) is 8.78. The van der Waals surface area contributed by atoms with Gasteiger partial charge in [0.15, 0.2) is 5.78 Å². The molecule has 1 aromatic rings. The second kappa shape index (κ2) is 7.21. The summed E-state index contributed by atoms with van der Waals surface area (Å²) < 4.78 is 1.67. The van der Waals surface area contributed by atoms with Crippen LogP contribution in [0.3, 0.4) is 0 Å². The van der Waals surface area contributed by atoms with E-state index in [0.29, 0.717) is 23.3 Å². The summed E-state index contributed by atoms with van der Waals surface area (Å²) in [7, 11) is 0. The Morgan fingerprint density at radius 2 is 1.90 bits per heavy atom. The maximum atomic E-state index is 13.3. The zero-order valence-electron chi connectivity index (χ0n) is 18.9. The van der Waals surface area contributed by atoms with Crippen LogP contribution in [0.15, 0.2) is 12.4 Å². The van der Waals surface area contributed by atoms with Gasteiger partial charge in [-0.2, -0.15) is 10.4 Å². The quantitative estimate of drug-likeness (QED) is 0.653. The summed E-state index contributed by atoms with van der Waals surface area (Å²) >= 11 is 0. The minimum Gasteiger partial charge on any atom is -0.297 e. The first-order chi connectivity index (χ1) is 14.3. The van der Waals surface area contributed by atoms with E-state index < -0.39 is 0 Å². The third-order valence-corrected chi connectivity index (χ3v) is 10.4. The van der Waals surface area contributed by atoms with Crippen molar-refractivity contribution in [1.82, 2.24) is 9.78 Å². The second-order valence-electron chi connectivity index (χ2n) is 11.7. The van der Waals surface area contributed by atoms with E-state index in [0.717, 1.165) is 36.0 Å². The van der Waals surface area contributed by atoms with E-state index in [1.807, 2.05) is 0 Å². The Bertz CT molecular complexity index is 868. The molecule has 0 bridgehead atoms. The minimum absolute atomic E-state index is 0.161. The van der Waals surface area contributed by atoms with E-state index in [1.165, 1.54) is 51.4 Å². The van der Waals surface area contributed by atoms with Crippen LogP contribution < -0.4 is 0 Å². The zero-order chi connectivity index (χ0) is 21.1. The van der Waals surface area contributed by atoms with Gasteiger partial charge >= 0.3 is 0 Å². The molecule has 4 saturated carbocycles. The van der Waals surface area contributed by atoms with Crippen LogP contribution >= 0.6 is 0 Å². The summed E-state index contributed by atoms with van der Waals surface area (Å²) in [4.78, 5) is 13.3. The lowest BCUT2D eigenvalue weighted by atomic mass is 9.44. The van der Waals surface area contributed by atoms with Crippen molar-refractivity contribution in [3.63, 3.8) is 0 Å². The highest BCUT2D eigenvalue weighted by molar-refractivity contribution is 5.82. The van der Waals surface area contributed by atoms with Gasteiger partial charge in [0.2, 0.25) is 0 Å². The van der Waals surface area contributed by atoms with Gasteiger partial charge in [0.05, 0.1) is 18.3 Å². The van der Waals surface area contributed by atoms with Gasteiger partial charge in [-0.1, -0.05) is 27.2 Å². The third kappa shape index (κ3) is 2.99. The van der Waals surface area contributed by atoms with Gasteiger partial charge in [-0.15, -0.1) is 0 Å². The largest absolute Gasteiger partial charge is 0.297 e. The first-order valence-electron chi connectivity index (χ1n) is 12.3. The molecule has 1 aromatic heterocycles. The van der Waals surface area contributed by atoms with Crippen LogP contribution in [0.1, 0.15) is 84.1 Å². The molecular weight excluding hydrogens is 370 g/mol. The number of rotatable bonds is 3. The predicted molar refractivity (Wildman–Crippen MR) is 116 cm³/mol. The molecule has 4 aliphatic rings. The Morgan fingerprint density at radius 3 is 2.67 bits per heavy atom. The van der Waals surface area contributed by atoms with Gasteiger partial charge in [0.25, 0.3) is 0 Å². The molecule has 0 radical (unpaired) electrons. The molecule has 8 atom stereocenters. The molecule has 0 spiro atoms. The maximum Gasteiger partial charge on any atom is 0.157 e. The monoisotopic (exact) mass is 407 g/mol. The summed E-state index contributed by atoms with van der Waals surface area (Å²) in [5, 5.41) is 13.3. The SMILES string of the molecule is C[C@H]1CC[C@@]2(C)C(CC[C@@H]3C2CC[C@@]2(C)C3CC[C@@H]2C(=O)Cn2cc(C#N)cn2)C1. The summed E-state index contributed by atoms with van der Waals surface area (Å²) in [6, 6.07) is 2.11. The molecule has 30 heavy (non-hydrogen) atoms. The molecule has 0 aromatic carbocycles. The average molecular weight is 408 g/mol. The van der Waals surface area contributed by atoms with Crippen LogP contribution in [0.4, 0.5) is 0 Å². The smallest absolute Gasteiger partial charge is 0.157 e. The fraction of sp³-hybridized carbons (Fsp3) is 0.808. The van der Waals surface area contributed by atoms with E-state index in [4.69, 9.17) is 5.26 Å². The van der Waals surface area contributed by atoms with Gasteiger partial charge in [-0.3, -0.25) is 9.48 Å². The third-order valence-electron chi connectivity index (χ3n) is 10.4. The highest BCUT2D eigenvalue weighted by atomic mass is 16.1. The Morgan fingerprint density at radius 1 is 1.13 bits per heavy atom. The molecule has 4 heteroatoms. The number of fused-ring (bicyclic) bond motifs is 5. The van der Waals surface area contributed by atoms with E-state index in [1.54, 1.807) is 17.1 Å². The number of nitriles is 1. The number of nitrogens with zero attached hydrogens (tertiary/aromatic N) is 3. The van der Waals surface area contributed by atoms with Crippen molar-refractivity contribution in [3.05, 3.63) is 18.0 Å². The lowest BCUT2D eigenvalue weighted by molar-refractivity contribution is -0.137. The molecule has 162 valence electrons. The van der Waals surface area contributed by atoms with Crippen LogP contribution in [-0.4, -0.2) is 15.6 Å². The first-order valence-corrected chi connectivity index (χ1v) is 12.3. The van der Waals surface area contributed by atoms with Crippen LogP contribution in [0, 0.1) is 57.7 Å². The first kappa shape index (κ1) is 20.3. The molecule has 5 rings (SSSR count). The van der Waals surface area contributed by atoms with Crippen molar-refractivity contribution in [2.45, 2.75) is 85.1 Å². The summed E-state index contributed by atoms with van der Waals surface area (Å²) in [5.41, 5.74) is 1.24. The molecule has 4 fully saturated rings. The number of ketones is 1. The number of Topliss-reactive ketones (excluding diaryl/α,β-unsaturated/α-hetero) is 1. The lowest BCUT2D eigenvalue weighted by Gasteiger charge is -2.61. The van der Waals surface area contributed by atoms with E-state index in [9.17, 15) is 4.79 Å². The van der Waals surface area contributed by atoms with Crippen molar-refractivity contribution in [3.8, 4) is 6.07 Å². The standard InChI is InChI=1S/C26H37N3O/c1-17-8-10-25(2)19(12-17)4-5-20-21-6-7-23(26(21,3)11-9-22(20)25)24(30)16-29-15-18(13-27)14-28-29/h14-15,17,19-23H,4-12,16H2,1-3H3/t17-,19?,20-,21?,22?,23+,25-,26-/m0/s1. The number of hydrogen-bond acceptors (Lipinski definition) is 3. The zero-order valence-corrected chi connectivity index (χ0v) is 18.9. The van der Waals surface area contributed by atoms with Gasteiger partial charge < -0.3 is 0 Å².